The Morgan fingerprint density at radius 3 is 2.74 bits per heavy atom. The Bertz CT molecular complexity index is 353. The van der Waals surface area contributed by atoms with Crippen molar-refractivity contribution in [3.63, 3.8) is 0 Å². The first-order chi connectivity index (χ1) is 8.25. The van der Waals surface area contributed by atoms with E-state index in [0.29, 0.717) is 0 Å². The van der Waals surface area contributed by atoms with E-state index < -0.39 is 0 Å². The number of hydrogen-bond donors (Lipinski definition) is 2. The molecule has 1 atom stereocenters. The van der Waals surface area contributed by atoms with Gasteiger partial charge in [0.2, 0.25) is 5.91 Å². The van der Waals surface area contributed by atoms with E-state index in [1.54, 1.807) is 6.20 Å². The minimum absolute atomic E-state index is 0. The van der Waals surface area contributed by atoms with Gasteiger partial charge in [0.15, 0.2) is 0 Å². The Morgan fingerprint density at radius 2 is 2.16 bits per heavy atom. The lowest BCUT2D eigenvalue weighted by Gasteiger charge is -2.23. The number of amides is 1. The van der Waals surface area contributed by atoms with Crippen LogP contribution >= 0.6 is 24.8 Å². The minimum atomic E-state index is 0. The zero-order valence-corrected chi connectivity index (χ0v) is 12.7. The van der Waals surface area contributed by atoms with Crippen molar-refractivity contribution >= 4 is 30.7 Å². The summed E-state index contributed by atoms with van der Waals surface area (Å²) >= 11 is 0. The summed E-state index contributed by atoms with van der Waals surface area (Å²) in [4.78, 5) is 12.0. The van der Waals surface area contributed by atoms with Gasteiger partial charge in [0.25, 0.3) is 0 Å². The van der Waals surface area contributed by atoms with E-state index in [2.05, 4.69) is 15.7 Å². The van der Waals surface area contributed by atoms with Gasteiger partial charge < -0.3 is 10.6 Å². The van der Waals surface area contributed by atoms with E-state index in [1.165, 1.54) is 0 Å². The largest absolute Gasteiger partial charge is 0.352 e. The highest BCUT2D eigenvalue weighted by Crippen LogP contribution is 2.11. The molecule has 1 aromatic rings. The number of nitrogens with one attached hydrogen (secondary N) is 2. The highest BCUT2D eigenvalue weighted by Gasteiger charge is 2.21. The number of carbonyl (C=O) groups excluding carboxylic acids is 1. The monoisotopic (exact) mass is 308 g/mol. The quantitative estimate of drug-likeness (QED) is 0.879. The lowest BCUT2D eigenvalue weighted by Crippen LogP contribution is -2.43. The average Bonchev–Trinajstić information content (AvgIpc) is 2.82. The number of carbonyl (C=O) groups is 1. The first-order valence-electron chi connectivity index (χ1n) is 6.24. The Morgan fingerprint density at radius 1 is 1.47 bits per heavy atom. The third kappa shape index (κ3) is 5.80. The van der Waals surface area contributed by atoms with Gasteiger partial charge in [-0.15, -0.1) is 24.8 Å². The van der Waals surface area contributed by atoms with Crippen molar-refractivity contribution in [2.75, 3.05) is 13.1 Å². The lowest BCUT2D eigenvalue weighted by atomic mass is 9.97. The smallest absolute Gasteiger partial charge is 0.223 e. The summed E-state index contributed by atoms with van der Waals surface area (Å²) in [5, 5.41) is 10.5. The third-order valence-corrected chi connectivity index (χ3v) is 3.12. The van der Waals surface area contributed by atoms with E-state index in [9.17, 15) is 4.79 Å². The van der Waals surface area contributed by atoms with E-state index in [1.807, 2.05) is 23.9 Å². The molecule has 0 aliphatic carbocycles. The molecule has 7 heteroatoms. The molecular weight excluding hydrogens is 287 g/mol. The second-order valence-electron chi connectivity index (χ2n) is 4.66. The van der Waals surface area contributed by atoms with Gasteiger partial charge in [-0.3, -0.25) is 9.48 Å². The van der Waals surface area contributed by atoms with E-state index in [0.717, 1.165) is 32.5 Å². The molecule has 1 unspecified atom stereocenters. The summed E-state index contributed by atoms with van der Waals surface area (Å²) in [6.07, 6.45) is 5.55. The average molecular weight is 309 g/mol. The van der Waals surface area contributed by atoms with Gasteiger partial charge in [0, 0.05) is 24.4 Å². The molecule has 110 valence electrons. The predicted octanol–water partition coefficient (Wildman–Crippen LogP) is 1.23. The molecule has 1 aliphatic heterocycles. The zero-order chi connectivity index (χ0) is 12.1. The van der Waals surface area contributed by atoms with E-state index >= 15 is 0 Å². The molecule has 1 amide bonds. The van der Waals surface area contributed by atoms with E-state index in [-0.39, 0.29) is 42.7 Å². The predicted molar refractivity (Wildman–Crippen MR) is 79.9 cm³/mol. The summed E-state index contributed by atoms with van der Waals surface area (Å²) in [6, 6.07) is 2.01. The van der Waals surface area contributed by atoms with Gasteiger partial charge in [-0.1, -0.05) is 0 Å². The molecule has 0 radical (unpaired) electrons. The normalized spacial score (nSPS) is 16.9. The molecule has 1 aromatic heterocycles. The van der Waals surface area contributed by atoms with E-state index in [4.69, 9.17) is 0 Å². The number of piperidine rings is 1. The second-order valence-corrected chi connectivity index (χ2v) is 4.66. The highest BCUT2D eigenvalue weighted by atomic mass is 35.5. The highest BCUT2D eigenvalue weighted by molar-refractivity contribution is 5.85. The van der Waals surface area contributed by atoms with Crippen LogP contribution in [0.5, 0.6) is 0 Å². The van der Waals surface area contributed by atoms with Gasteiger partial charge in [-0.25, -0.2) is 0 Å². The summed E-state index contributed by atoms with van der Waals surface area (Å²) < 4.78 is 1.84. The van der Waals surface area contributed by atoms with Crippen LogP contribution in [0.15, 0.2) is 18.5 Å². The Hall–Kier alpha value is -0.780. The number of aromatic nitrogens is 2. The summed E-state index contributed by atoms with van der Waals surface area (Å²) in [5.41, 5.74) is 0. The number of rotatable bonds is 4. The minimum Gasteiger partial charge on any atom is -0.352 e. The molecule has 0 bridgehead atoms. The number of halogens is 2. The number of nitrogens with zero attached hydrogens (tertiary/aromatic N) is 2. The van der Waals surface area contributed by atoms with Crippen LogP contribution in [0, 0.1) is 5.92 Å². The maximum absolute atomic E-state index is 12.0. The Labute approximate surface area is 126 Å². The molecule has 5 nitrogen and oxygen atoms in total. The van der Waals surface area contributed by atoms with Crippen LogP contribution in [0.25, 0.3) is 0 Å². The first-order valence-corrected chi connectivity index (χ1v) is 6.24. The molecule has 1 fully saturated rings. The van der Waals surface area contributed by atoms with Gasteiger partial charge in [-0.05, 0) is 38.9 Å². The molecule has 1 saturated heterocycles. The molecule has 0 spiro atoms. The molecule has 0 aromatic carbocycles. The fourth-order valence-corrected chi connectivity index (χ4v) is 2.18. The Kier molecular flexibility index (Phi) is 8.80. The molecule has 2 rings (SSSR count). The molecular formula is C12H22Cl2N4O. The SMILES string of the molecule is CC(Cn1cccn1)NC(=O)C1CCNCC1.Cl.Cl. The standard InChI is InChI=1S/C12H20N4O.2ClH/c1-10(9-16-8-2-5-14-16)15-12(17)11-3-6-13-7-4-11;;/h2,5,8,10-11,13H,3-4,6-7,9H2,1H3,(H,15,17);2*1H. The third-order valence-electron chi connectivity index (χ3n) is 3.12. The van der Waals surface area contributed by atoms with Crippen molar-refractivity contribution in [3.05, 3.63) is 18.5 Å². The maximum Gasteiger partial charge on any atom is 0.223 e. The first kappa shape index (κ1) is 18.2. The molecule has 19 heavy (non-hydrogen) atoms. The van der Waals surface area contributed by atoms with Gasteiger partial charge in [0.1, 0.15) is 0 Å². The molecule has 0 saturated carbocycles. The number of hydrogen-bond acceptors (Lipinski definition) is 3. The fraction of sp³-hybridized carbons (Fsp3) is 0.667. The fourth-order valence-electron chi connectivity index (χ4n) is 2.18. The van der Waals surface area contributed by atoms with Crippen LogP contribution in [0.2, 0.25) is 0 Å². The van der Waals surface area contributed by atoms with Crippen molar-refractivity contribution in [2.45, 2.75) is 32.4 Å². The molecule has 1 aliphatic rings. The van der Waals surface area contributed by atoms with Crippen LogP contribution in [0.3, 0.4) is 0 Å². The van der Waals surface area contributed by atoms with Crippen molar-refractivity contribution in [1.82, 2.24) is 20.4 Å². The maximum atomic E-state index is 12.0. The summed E-state index contributed by atoms with van der Waals surface area (Å²) in [6.45, 7) is 4.64. The Balaban J connectivity index is 0.00000162. The van der Waals surface area contributed by atoms with Crippen LogP contribution in [0.4, 0.5) is 0 Å². The van der Waals surface area contributed by atoms with Crippen molar-refractivity contribution in [3.8, 4) is 0 Å². The summed E-state index contributed by atoms with van der Waals surface area (Å²) in [7, 11) is 0. The van der Waals surface area contributed by atoms with Gasteiger partial charge >= 0.3 is 0 Å². The lowest BCUT2D eigenvalue weighted by molar-refractivity contribution is -0.126. The van der Waals surface area contributed by atoms with Crippen molar-refractivity contribution in [2.24, 2.45) is 5.92 Å². The van der Waals surface area contributed by atoms with Crippen LogP contribution in [-0.4, -0.2) is 34.8 Å². The van der Waals surface area contributed by atoms with Crippen LogP contribution < -0.4 is 10.6 Å². The van der Waals surface area contributed by atoms with Crippen molar-refractivity contribution < 1.29 is 4.79 Å². The molecule has 2 N–H and O–H groups in total. The second kappa shape index (κ2) is 9.18. The van der Waals surface area contributed by atoms with Gasteiger partial charge in [0.05, 0.1) is 6.54 Å². The van der Waals surface area contributed by atoms with Crippen molar-refractivity contribution in [1.29, 1.82) is 0 Å². The molecule has 2 heterocycles. The van der Waals surface area contributed by atoms with Crippen LogP contribution in [-0.2, 0) is 11.3 Å². The topological polar surface area (TPSA) is 59.0 Å². The van der Waals surface area contributed by atoms with Gasteiger partial charge in [-0.2, -0.15) is 5.10 Å². The summed E-state index contributed by atoms with van der Waals surface area (Å²) in [5.74, 6) is 0.363. The van der Waals surface area contributed by atoms with Crippen LogP contribution in [0.1, 0.15) is 19.8 Å². The zero-order valence-electron chi connectivity index (χ0n) is 11.0.